The molecule has 34 valence electrons. The van der Waals surface area contributed by atoms with Crippen molar-refractivity contribution in [2.45, 2.75) is 6.42 Å². The molecule has 0 aliphatic carbocycles. The number of hydrogen-bond acceptors (Lipinski definition) is 0. The highest BCUT2D eigenvalue weighted by atomic mass is 19.3. The van der Waals surface area contributed by atoms with Crippen molar-refractivity contribution >= 4 is 0 Å². The highest BCUT2D eigenvalue weighted by Gasteiger charge is 2.15. The van der Waals surface area contributed by atoms with Crippen LogP contribution >= 0.6 is 0 Å². The molecule has 0 spiro atoms. The van der Waals surface area contributed by atoms with Gasteiger partial charge in [-0.05, 0) is 6.08 Å². The quantitative estimate of drug-likeness (QED) is 0.360. The number of halogens is 2. The molecule has 0 fully saturated rings. The van der Waals surface area contributed by atoms with E-state index in [0.717, 1.165) is 6.08 Å². The highest BCUT2D eigenvalue weighted by molar-refractivity contribution is 4.75. The van der Waals surface area contributed by atoms with E-state index >= 15 is 0 Å². The van der Waals surface area contributed by atoms with Crippen molar-refractivity contribution in [1.29, 1.82) is 0 Å². The summed E-state index contributed by atoms with van der Waals surface area (Å²) in [5, 5.41) is 0. The predicted molar refractivity (Wildman–Crippen MR) is 20.3 cm³/mol. The van der Waals surface area contributed by atoms with Crippen LogP contribution in [0, 0.1) is 6.43 Å². The van der Waals surface area contributed by atoms with Crippen LogP contribution in [-0.4, -0.2) is 0 Å². The lowest BCUT2D eigenvalue weighted by Crippen LogP contribution is -1.69. The van der Waals surface area contributed by atoms with E-state index in [2.05, 4.69) is 6.58 Å². The van der Waals surface area contributed by atoms with Gasteiger partial charge in [0.15, 0.2) is 6.42 Å². The number of hydrogen-bond donors (Lipinski definition) is 0. The lowest BCUT2D eigenvalue weighted by molar-refractivity contribution is 0.286. The topological polar surface area (TPSA) is 0 Å². The molecule has 0 atom stereocenters. The Morgan fingerprint density at radius 2 is 2.17 bits per heavy atom. The van der Waals surface area contributed by atoms with Crippen LogP contribution in [0.1, 0.15) is 6.42 Å². The first-order valence-electron chi connectivity index (χ1n) is 1.55. The Morgan fingerprint density at radius 3 is 2.17 bits per heavy atom. The molecule has 0 rings (SSSR count). The standard InChI is InChI=1S/C4H5F2/c1-2-3-4(5)6/h2H,1,3H2/q+1. The lowest BCUT2D eigenvalue weighted by atomic mass is 10.5. The average molecular weight is 91.1 g/mol. The molecule has 0 aromatic carbocycles. The van der Waals surface area contributed by atoms with E-state index in [1.165, 1.54) is 0 Å². The molecule has 2 heteroatoms. The zero-order valence-corrected chi connectivity index (χ0v) is 3.25. The molecular formula is C4H5F2+. The van der Waals surface area contributed by atoms with E-state index in [0.29, 0.717) is 0 Å². The SMILES string of the molecule is C=CC[C+](F)F. The Morgan fingerprint density at radius 1 is 1.67 bits per heavy atom. The van der Waals surface area contributed by atoms with Gasteiger partial charge in [-0.3, -0.25) is 0 Å². The van der Waals surface area contributed by atoms with Crippen molar-refractivity contribution in [3.05, 3.63) is 19.1 Å². The van der Waals surface area contributed by atoms with Crippen LogP contribution < -0.4 is 0 Å². The minimum absolute atomic E-state index is 0.278. The lowest BCUT2D eigenvalue weighted by Gasteiger charge is -1.64. The Kier molecular flexibility index (Phi) is 2.46. The number of allylic oxidation sites excluding steroid dienone is 1. The zero-order valence-electron chi connectivity index (χ0n) is 3.25. The van der Waals surface area contributed by atoms with Crippen LogP contribution in [0.4, 0.5) is 8.78 Å². The van der Waals surface area contributed by atoms with Gasteiger partial charge in [0.2, 0.25) is 0 Å². The van der Waals surface area contributed by atoms with E-state index in [1.807, 2.05) is 0 Å². The third-order valence-electron chi connectivity index (χ3n) is 0.299. The third kappa shape index (κ3) is 3.47. The van der Waals surface area contributed by atoms with Crippen LogP contribution in [0.2, 0.25) is 0 Å². The van der Waals surface area contributed by atoms with E-state index in [4.69, 9.17) is 0 Å². The van der Waals surface area contributed by atoms with Crippen molar-refractivity contribution in [3.8, 4) is 0 Å². The molecule has 0 heterocycles. The van der Waals surface area contributed by atoms with Gasteiger partial charge in [0, 0.05) is 8.78 Å². The largest absolute Gasteiger partial charge is 0.509 e. The Bertz CT molecular complexity index is 40.8. The van der Waals surface area contributed by atoms with Crippen LogP contribution in [0.3, 0.4) is 0 Å². The first kappa shape index (κ1) is 5.47. The Balaban J connectivity index is 2.81. The van der Waals surface area contributed by atoms with E-state index in [9.17, 15) is 8.78 Å². The summed E-state index contributed by atoms with van der Waals surface area (Å²) >= 11 is 0. The van der Waals surface area contributed by atoms with Crippen molar-refractivity contribution in [1.82, 2.24) is 0 Å². The van der Waals surface area contributed by atoms with E-state index in [-0.39, 0.29) is 6.42 Å². The maximum Gasteiger partial charge on any atom is 0.509 e. The molecule has 0 nitrogen and oxygen atoms in total. The van der Waals surface area contributed by atoms with Crippen molar-refractivity contribution in [3.63, 3.8) is 0 Å². The van der Waals surface area contributed by atoms with Gasteiger partial charge in [-0.2, -0.15) is 0 Å². The Labute approximate surface area is 35.5 Å². The highest BCUT2D eigenvalue weighted by Crippen LogP contribution is 2.06. The van der Waals surface area contributed by atoms with E-state index < -0.39 is 6.43 Å². The van der Waals surface area contributed by atoms with Crippen LogP contribution in [0.15, 0.2) is 12.7 Å². The Hall–Kier alpha value is -0.530. The fourth-order valence-electron chi connectivity index (χ4n) is 0.109. The molecule has 6 heavy (non-hydrogen) atoms. The van der Waals surface area contributed by atoms with E-state index in [1.54, 1.807) is 0 Å². The fourth-order valence-corrected chi connectivity index (χ4v) is 0.109. The van der Waals surface area contributed by atoms with Gasteiger partial charge in [0.1, 0.15) is 0 Å². The van der Waals surface area contributed by atoms with Gasteiger partial charge in [-0.25, -0.2) is 0 Å². The molecule has 0 aromatic heterocycles. The fraction of sp³-hybridized carbons (Fsp3) is 0.250. The molecule has 0 saturated heterocycles. The maximum atomic E-state index is 10.9. The smallest absolute Gasteiger partial charge is 0.0986 e. The molecule has 0 bridgehead atoms. The zero-order chi connectivity index (χ0) is 4.99. The third-order valence-corrected chi connectivity index (χ3v) is 0.299. The summed E-state index contributed by atoms with van der Waals surface area (Å²) in [6, 6.07) is 0. The predicted octanol–water partition coefficient (Wildman–Crippen LogP) is 1.99. The minimum Gasteiger partial charge on any atom is -0.0986 e. The normalized spacial score (nSPS) is 7.67. The molecule has 0 unspecified atom stereocenters. The van der Waals surface area contributed by atoms with Gasteiger partial charge < -0.3 is 0 Å². The van der Waals surface area contributed by atoms with Gasteiger partial charge in [-0.1, -0.05) is 6.58 Å². The summed E-state index contributed by atoms with van der Waals surface area (Å²) in [7, 11) is 0. The van der Waals surface area contributed by atoms with Gasteiger partial charge >= 0.3 is 6.43 Å². The van der Waals surface area contributed by atoms with Crippen LogP contribution in [0.5, 0.6) is 0 Å². The van der Waals surface area contributed by atoms with Gasteiger partial charge in [0.05, 0.1) is 0 Å². The maximum absolute atomic E-state index is 10.9. The summed E-state index contributed by atoms with van der Waals surface area (Å²) in [6.07, 6.45) is -0.694. The summed E-state index contributed by atoms with van der Waals surface area (Å²) in [5.41, 5.74) is 0. The molecule has 0 aromatic rings. The van der Waals surface area contributed by atoms with Crippen LogP contribution in [0.25, 0.3) is 0 Å². The van der Waals surface area contributed by atoms with Gasteiger partial charge in [0.25, 0.3) is 0 Å². The summed E-state index contributed by atoms with van der Waals surface area (Å²) < 4.78 is 21.8. The van der Waals surface area contributed by atoms with Crippen molar-refractivity contribution < 1.29 is 8.78 Å². The molecule has 0 radical (unpaired) electrons. The minimum atomic E-state index is -1.58. The summed E-state index contributed by atoms with van der Waals surface area (Å²) in [5.74, 6) is 0. The molecule has 0 aliphatic rings. The first-order valence-corrected chi connectivity index (χ1v) is 1.55. The number of rotatable bonds is 2. The average Bonchev–Trinajstić information content (AvgIpc) is 1.35. The monoisotopic (exact) mass is 91.0 g/mol. The van der Waals surface area contributed by atoms with Crippen molar-refractivity contribution in [2.24, 2.45) is 0 Å². The van der Waals surface area contributed by atoms with Crippen LogP contribution in [-0.2, 0) is 0 Å². The first-order chi connectivity index (χ1) is 2.77. The molecule has 0 aliphatic heterocycles. The second kappa shape index (κ2) is 2.69. The second-order valence-electron chi connectivity index (χ2n) is 0.831. The van der Waals surface area contributed by atoms with Crippen molar-refractivity contribution in [2.75, 3.05) is 0 Å². The molecule has 0 amide bonds. The van der Waals surface area contributed by atoms with Gasteiger partial charge in [-0.15, -0.1) is 0 Å². The molecule has 0 N–H and O–H groups in total. The molecular weight excluding hydrogens is 86.0 g/mol. The second-order valence-corrected chi connectivity index (χ2v) is 0.831. The summed E-state index contributed by atoms with van der Waals surface area (Å²) in [6.45, 7) is 3.10. The summed E-state index contributed by atoms with van der Waals surface area (Å²) in [4.78, 5) is 0. The molecule has 0 saturated carbocycles.